The molecule has 0 saturated carbocycles. The van der Waals surface area contributed by atoms with Crippen molar-refractivity contribution >= 4 is 28.4 Å². The first-order valence-electron chi connectivity index (χ1n) is 8.64. The van der Waals surface area contributed by atoms with E-state index in [4.69, 9.17) is 0 Å². The van der Waals surface area contributed by atoms with Crippen molar-refractivity contribution in [1.29, 1.82) is 0 Å². The van der Waals surface area contributed by atoms with Crippen LogP contribution < -0.4 is 10.6 Å². The zero-order valence-corrected chi connectivity index (χ0v) is 14.5. The molecule has 5 nitrogen and oxygen atoms in total. The van der Waals surface area contributed by atoms with Gasteiger partial charge in [-0.25, -0.2) is 0 Å². The van der Waals surface area contributed by atoms with E-state index in [1.165, 1.54) is 0 Å². The number of hydrogen-bond donors (Lipinski definition) is 2. The van der Waals surface area contributed by atoms with E-state index in [0.717, 1.165) is 33.3 Å². The van der Waals surface area contributed by atoms with E-state index in [2.05, 4.69) is 15.6 Å². The molecule has 1 aliphatic rings. The summed E-state index contributed by atoms with van der Waals surface area (Å²) in [7, 11) is 0. The van der Waals surface area contributed by atoms with Crippen molar-refractivity contribution in [2.45, 2.75) is 25.8 Å². The third kappa shape index (κ3) is 3.28. The SMILES string of the molecule is C[C@@H](NC(=O)Cc1cnc2ccccc2c1)c1ccc2c(c1)CC(=O)N2. The molecule has 2 N–H and O–H groups in total. The Bertz CT molecular complexity index is 1010. The van der Waals surface area contributed by atoms with E-state index >= 15 is 0 Å². The lowest BCUT2D eigenvalue weighted by Gasteiger charge is -2.15. The molecule has 0 radical (unpaired) electrons. The number of rotatable bonds is 4. The number of nitrogens with zero attached hydrogens (tertiary/aromatic N) is 1. The van der Waals surface area contributed by atoms with Crippen LogP contribution in [0.3, 0.4) is 0 Å². The fourth-order valence-electron chi connectivity index (χ4n) is 3.29. The van der Waals surface area contributed by atoms with Crippen LogP contribution in [0.5, 0.6) is 0 Å². The van der Waals surface area contributed by atoms with Gasteiger partial charge in [-0.05, 0) is 41.8 Å². The standard InChI is InChI=1S/C21H19N3O2/c1-13(15-6-7-19-17(10-15)11-21(26)24-19)23-20(25)9-14-8-16-4-2-3-5-18(16)22-12-14/h2-8,10,12-13H,9,11H2,1H3,(H,23,25)(H,24,26)/t13-/m1/s1. The molecule has 2 aromatic carbocycles. The van der Waals surface area contributed by atoms with Gasteiger partial charge in [0.25, 0.3) is 0 Å². The second-order valence-corrected chi connectivity index (χ2v) is 6.64. The lowest BCUT2D eigenvalue weighted by molar-refractivity contribution is -0.121. The van der Waals surface area contributed by atoms with Gasteiger partial charge in [-0.3, -0.25) is 14.6 Å². The number of benzene rings is 2. The number of fused-ring (bicyclic) bond motifs is 2. The first kappa shape index (κ1) is 16.3. The molecule has 1 atom stereocenters. The number of pyridine rings is 1. The highest BCUT2D eigenvalue weighted by molar-refractivity contribution is 5.99. The molecule has 4 rings (SSSR count). The average molecular weight is 345 g/mol. The van der Waals surface area contributed by atoms with Crippen molar-refractivity contribution in [3.63, 3.8) is 0 Å². The maximum Gasteiger partial charge on any atom is 0.228 e. The Morgan fingerprint density at radius 1 is 1.23 bits per heavy atom. The van der Waals surface area contributed by atoms with E-state index in [1.54, 1.807) is 6.20 Å². The molecular weight excluding hydrogens is 326 g/mol. The van der Waals surface area contributed by atoms with Gasteiger partial charge < -0.3 is 10.6 Å². The normalized spacial score (nSPS) is 14.0. The van der Waals surface area contributed by atoms with E-state index in [1.807, 2.05) is 55.5 Å². The smallest absolute Gasteiger partial charge is 0.228 e. The number of hydrogen-bond acceptors (Lipinski definition) is 3. The number of para-hydroxylation sites is 1. The van der Waals surface area contributed by atoms with Gasteiger partial charge in [-0.15, -0.1) is 0 Å². The molecule has 0 bridgehead atoms. The number of amides is 2. The first-order valence-corrected chi connectivity index (χ1v) is 8.64. The summed E-state index contributed by atoms with van der Waals surface area (Å²) in [4.78, 5) is 28.3. The van der Waals surface area contributed by atoms with E-state index in [-0.39, 0.29) is 24.3 Å². The third-order valence-electron chi connectivity index (χ3n) is 4.64. The molecule has 3 aromatic rings. The van der Waals surface area contributed by atoms with Crippen LogP contribution in [-0.4, -0.2) is 16.8 Å². The molecule has 0 fully saturated rings. The fraction of sp³-hybridized carbons (Fsp3) is 0.190. The van der Waals surface area contributed by atoms with Crippen molar-refractivity contribution in [2.75, 3.05) is 5.32 Å². The Morgan fingerprint density at radius 2 is 2.08 bits per heavy atom. The predicted molar refractivity (Wildman–Crippen MR) is 101 cm³/mol. The molecule has 1 aliphatic heterocycles. The lowest BCUT2D eigenvalue weighted by atomic mass is 10.0. The van der Waals surface area contributed by atoms with Gasteiger partial charge >= 0.3 is 0 Å². The van der Waals surface area contributed by atoms with Gasteiger partial charge in [-0.1, -0.05) is 30.3 Å². The summed E-state index contributed by atoms with van der Waals surface area (Å²) in [5, 5.41) is 6.87. The largest absolute Gasteiger partial charge is 0.349 e. The molecule has 0 spiro atoms. The maximum atomic E-state index is 12.4. The summed E-state index contributed by atoms with van der Waals surface area (Å²) < 4.78 is 0. The monoisotopic (exact) mass is 345 g/mol. The minimum Gasteiger partial charge on any atom is -0.349 e. The van der Waals surface area contributed by atoms with Gasteiger partial charge in [0.05, 0.1) is 24.4 Å². The molecule has 2 heterocycles. The predicted octanol–water partition coefficient (Wildman–Crippen LogP) is 3.15. The van der Waals surface area contributed by atoms with Gasteiger partial charge in [0, 0.05) is 17.3 Å². The summed E-state index contributed by atoms with van der Waals surface area (Å²) in [6.07, 6.45) is 2.43. The van der Waals surface area contributed by atoms with E-state index in [0.29, 0.717) is 6.42 Å². The zero-order valence-electron chi connectivity index (χ0n) is 14.5. The number of anilines is 1. The molecule has 0 saturated heterocycles. The Kier molecular flexibility index (Phi) is 4.13. The summed E-state index contributed by atoms with van der Waals surface area (Å²) in [6.45, 7) is 1.95. The van der Waals surface area contributed by atoms with Crippen LogP contribution in [0.4, 0.5) is 5.69 Å². The molecule has 0 unspecified atom stereocenters. The van der Waals surface area contributed by atoms with Crippen LogP contribution in [0.2, 0.25) is 0 Å². The minimum absolute atomic E-state index is 0.0117. The molecule has 5 heteroatoms. The first-order chi connectivity index (χ1) is 12.6. The molecule has 26 heavy (non-hydrogen) atoms. The number of aromatic nitrogens is 1. The van der Waals surface area contributed by atoms with Crippen molar-refractivity contribution in [2.24, 2.45) is 0 Å². The number of nitrogens with one attached hydrogen (secondary N) is 2. The third-order valence-corrected chi connectivity index (χ3v) is 4.64. The topological polar surface area (TPSA) is 71.1 Å². The molecule has 1 aromatic heterocycles. The second-order valence-electron chi connectivity index (χ2n) is 6.64. The van der Waals surface area contributed by atoms with Gasteiger partial charge in [0.2, 0.25) is 11.8 Å². The highest BCUT2D eigenvalue weighted by atomic mass is 16.2. The van der Waals surface area contributed by atoms with Crippen molar-refractivity contribution in [1.82, 2.24) is 10.3 Å². The zero-order chi connectivity index (χ0) is 18.1. The Labute approximate surface area is 151 Å². The Balaban J connectivity index is 1.44. The fourth-order valence-corrected chi connectivity index (χ4v) is 3.29. The van der Waals surface area contributed by atoms with Crippen LogP contribution in [0, 0.1) is 0 Å². The lowest BCUT2D eigenvalue weighted by Crippen LogP contribution is -2.28. The Morgan fingerprint density at radius 3 is 2.96 bits per heavy atom. The van der Waals surface area contributed by atoms with Crippen LogP contribution in [0.25, 0.3) is 10.9 Å². The highest BCUT2D eigenvalue weighted by Crippen LogP contribution is 2.26. The summed E-state index contributed by atoms with van der Waals surface area (Å²) in [5.41, 5.74) is 4.64. The van der Waals surface area contributed by atoms with Crippen LogP contribution in [0.1, 0.15) is 29.7 Å². The van der Waals surface area contributed by atoms with Crippen LogP contribution in [-0.2, 0) is 22.4 Å². The maximum absolute atomic E-state index is 12.4. The Hall–Kier alpha value is -3.21. The van der Waals surface area contributed by atoms with Gasteiger partial charge in [0.15, 0.2) is 0 Å². The highest BCUT2D eigenvalue weighted by Gasteiger charge is 2.19. The summed E-state index contributed by atoms with van der Waals surface area (Å²) in [6, 6.07) is 15.5. The number of carbonyl (C=O) groups is 2. The molecular formula is C21H19N3O2. The van der Waals surface area contributed by atoms with Crippen molar-refractivity contribution in [3.05, 3.63) is 71.4 Å². The van der Waals surface area contributed by atoms with Crippen molar-refractivity contribution < 1.29 is 9.59 Å². The molecule has 130 valence electrons. The average Bonchev–Trinajstić information content (AvgIpc) is 3.00. The number of carbonyl (C=O) groups excluding carboxylic acids is 2. The van der Waals surface area contributed by atoms with Crippen LogP contribution in [0.15, 0.2) is 54.7 Å². The van der Waals surface area contributed by atoms with E-state index < -0.39 is 0 Å². The molecule has 2 amide bonds. The van der Waals surface area contributed by atoms with Gasteiger partial charge in [-0.2, -0.15) is 0 Å². The molecule has 0 aliphatic carbocycles. The summed E-state index contributed by atoms with van der Waals surface area (Å²) in [5.74, 6) is -0.0399. The quantitative estimate of drug-likeness (QED) is 0.763. The van der Waals surface area contributed by atoms with Crippen LogP contribution >= 0.6 is 0 Å². The second kappa shape index (κ2) is 6.59. The minimum atomic E-state index is -0.128. The summed E-state index contributed by atoms with van der Waals surface area (Å²) >= 11 is 0. The van der Waals surface area contributed by atoms with Crippen molar-refractivity contribution in [3.8, 4) is 0 Å². The van der Waals surface area contributed by atoms with E-state index in [9.17, 15) is 9.59 Å². The van der Waals surface area contributed by atoms with Gasteiger partial charge in [0.1, 0.15) is 0 Å².